The Labute approximate surface area is 121 Å². The summed E-state index contributed by atoms with van der Waals surface area (Å²) in [5, 5.41) is 3.92. The molecule has 1 aliphatic heterocycles. The SMILES string of the molecule is CC(C)C#CC#CC#CC#CC#CC=C1C=C[N-]C=C1. The number of nitrogens with zero attached hydrogens (tertiary/aromatic N) is 1. The maximum absolute atomic E-state index is 3.92. The van der Waals surface area contributed by atoms with Gasteiger partial charge < -0.3 is 5.32 Å². The summed E-state index contributed by atoms with van der Waals surface area (Å²) in [4.78, 5) is 0. The van der Waals surface area contributed by atoms with E-state index in [9.17, 15) is 0 Å². The van der Waals surface area contributed by atoms with E-state index in [4.69, 9.17) is 0 Å². The Morgan fingerprint density at radius 2 is 1.40 bits per heavy atom. The number of rotatable bonds is 0. The second-order valence-corrected chi connectivity index (χ2v) is 3.87. The van der Waals surface area contributed by atoms with Gasteiger partial charge in [0.2, 0.25) is 0 Å². The molecule has 1 aliphatic rings. The Balaban J connectivity index is 2.46. The first-order valence-corrected chi connectivity index (χ1v) is 6.03. The fourth-order valence-electron chi connectivity index (χ4n) is 0.983. The molecule has 0 saturated carbocycles. The van der Waals surface area contributed by atoms with E-state index in [1.807, 2.05) is 26.0 Å². The summed E-state index contributed by atoms with van der Waals surface area (Å²) in [5.74, 6) is 27.1. The van der Waals surface area contributed by atoms with E-state index in [1.165, 1.54) is 0 Å². The summed E-state index contributed by atoms with van der Waals surface area (Å²) in [6, 6.07) is 0. The van der Waals surface area contributed by atoms with E-state index < -0.39 is 0 Å². The maximum atomic E-state index is 3.92. The third-order valence-corrected chi connectivity index (χ3v) is 1.82. The first-order valence-electron chi connectivity index (χ1n) is 6.03. The van der Waals surface area contributed by atoms with Crippen molar-refractivity contribution in [1.29, 1.82) is 0 Å². The van der Waals surface area contributed by atoms with E-state index >= 15 is 0 Å². The van der Waals surface area contributed by atoms with Gasteiger partial charge in [-0.1, -0.05) is 37.8 Å². The monoisotopic (exact) mass is 254 g/mol. The standard InChI is InChI=1S/C19H12N/c1-18(2)12-10-8-6-4-3-5-7-9-11-13-19-14-16-20-17-15-19/h13-18H,1-2H3/q-1. The average molecular weight is 254 g/mol. The number of allylic oxidation sites excluding steroid dienone is 4. The van der Waals surface area contributed by atoms with Crippen LogP contribution in [-0.2, 0) is 0 Å². The van der Waals surface area contributed by atoms with Crippen LogP contribution in [0.1, 0.15) is 13.8 Å². The molecule has 0 radical (unpaired) electrons. The lowest BCUT2D eigenvalue weighted by atomic mass is 10.2. The van der Waals surface area contributed by atoms with E-state index in [2.05, 4.69) is 64.5 Å². The zero-order valence-electron chi connectivity index (χ0n) is 11.4. The van der Waals surface area contributed by atoms with Gasteiger partial charge in [-0.05, 0) is 59.0 Å². The van der Waals surface area contributed by atoms with Crippen molar-refractivity contribution in [3.63, 3.8) is 0 Å². The first kappa shape index (κ1) is 14.9. The van der Waals surface area contributed by atoms with Crippen molar-refractivity contribution in [2.75, 3.05) is 0 Å². The van der Waals surface area contributed by atoms with E-state index in [0.29, 0.717) is 5.92 Å². The molecule has 0 fully saturated rings. The lowest BCUT2D eigenvalue weighted by Gasteiger charge is -2.11. The molecule has 20 heavy (non-hydrogen) atoms. The van der Waals surface area contributed by atoms with E-state index in [1.54, 1.807) is 18.5 Å². The van der Waals surface area contributed by atoms with Gasteiger partial charge in [-0.2, -0.15) is 12.4 Å². The average Bonchev–Trinajstić information content (AvgIpc) is 2.45. The second kappa shape index (κ2) is 9.81. The van der Waals surface area contributed by atoms with Crippen LogP contribution in [0.2, 0.25) is 0 Å². The highest BCUT2D eigenvalue weighted by Gasteiger charge is 1.80. The lowest BCUT2D eigenvalue weighted by molar-refractivity contribution is 0.867. The van der Waals surface area contributed by atoms with Gasteiger partial charge in [0.25, 0.3) is 0 Å². The highest BCUT2D eigenvalue weighted by atomic mass is 14.8. The third-order valence-electron chi connectivity index (χ3n) is 1.82. The minimum absolute atomic E-state index is 0.323. The highest BCUT2D eigenvalue weighted by Crippen LogP contribution is 2.08. The molecular formula is C19H12N-. The van der Waals surface area contributed by atoms with Gasteiger partial charge in [0.05, 0.1) is 0 Å². The molecule has 0 aromatic heterocycles. The molecule has 1 heteroatoms. The Hall–Kier alpha value is -3.18. The topological polar surface area (TPSA) is 14.1 Å². The molecule has 0 aromatic rings. The van der Waals surface area contributed by atoms with Gasteiger partial charge in [0, 0.05) is 5.92 Å². The maximum Gasteiger partial charge on any atom is 0.0156 e. The van der Waals surface area contributed by atoms with Crippen molar-refractivity contribution in [3.05, 3.63) is 41.5 Å². The molecule has 0 atom stereocenters. The molecule has 1 rings (SSSR count). The van der Waals surface area contributed by atoms with Crippen LogP contribution in [-0.4, -0.2) is 0 Å². The van der Waals surface area contributed by atoms with Crippen molar-refractivity contribution >= 4 is 0 Å². The normalized spacial score (nSPS) is 9.85. The van der Waals surface area contributed by atoms with Crippen molar-refractivity contribution in [1.82, 2.24) is 0 Å². The molecule has 0 spiro atoms. The van der Waals surface area contributed by atoms with Crippen molar-refractivity contribution in [2.45, 2.75) is 13.8 Å². The van der Waals surface area contributed by atoms with E-state index in [0.717, 1.165) is 5.57 Å². The summed E-state index contributed by atoms with van der Waals surface area (Å²) in [6.07, 6.45) is 8.94. The summed E-state index contributed by atoms with van der Waals surface area (Å²) >= 11 is 0. The Morgan fingerprint density at radius 1 is 0.850 bits per heavy atom. The fourth-order valence-corrected chi connectivity index (χ4v) is 0.983. The van der Waals surface area contributed by atoms with Gasteiger partial charge in [-0.25, -0.2) is 0 Å². The molecule has 0 aliphatic carbocycles. The lowest BCUT2D eigenvalue weighted by Crippen LogP contribution is -1.75. The van der Waals surface area contributed by atoms with Crippen LogP contribution in [0.3, 0.4) is 0 Å². The molecule has 0 aromatic carbocycles. The second-order valence-electron chi connectivity index (χ2n) is 3.87. The first-order chi connectivity index (χ1) is 9.79. The van der Waals surface area contributed by atoms with E-state index in [-0.39, 0.29) is 0 Å². The quantitative estimate of drug-likeness (QED) is 0.590. The molecule has 0 unspecified atom stereocenters. The summed E-state index contributed by atoms with van der Waals surface area (Å²) < 4.78 is 0. The summed E-state index contributed by atoms with van der Waals surface area (Å²) in [5.41, 5.74) is 0.995. The Morgan fingerprint density at radius 3 is 2.00 bits per heavy atom. The van der Waals surface area contributed by atoms with Crippen molar-refractivity contribution in [3.8, 4) is 59.2 Å². The fraction of sp³-hybridized carbons (Fsp3) is 0.158. The number of hydrogen-bond acceptors (Lipinski definition) is 0. The summed E-state index contributed by atoms with van der Waals surface area (Å²) in [7, 11) is 0. The molecule has 0 saturated heterocycles. The third kappa shape index (κ3) is 7.99. The van der Waals surface area contributed by atoms with Crippen LogP contribution in [0.4, 0.5) is 0 Å². The molecule has 94 valence electrons. The highest BCUT2D eigenvalue weighted by molar-refractivity contribution is 5.46. The minimum atomic E-state index is 0.323. The van der Waals surface area contributed by atoms with Crippen LogP contribution in [0.25, 0.3) is 5.32 Å². The van der Waals surface area contributed by atoms with Gasteiger partial charge in [-0.3, -0.25) is 0 Å². The zero-order chi connectivity index (χ0) is 14.5. The van der Waals surface area contributed by atoms with Crippen LogP contribution in [0.15, 0.2) is 36.2 Å². The molecule has 0 amide bonds. The zero-order valence-corrected chi connectivity index (χ0v) is 11.4. The smallest absolute Gasteiger partial charge is 0.0156 e. The van der Waals surface area contributed by atoms with Crippen LogP contribution in [0.5, 0.6) is 0 Å². The summed E-state index contributed by atoms with van der Waals surface area (Å²) in [6.45, 7) is 4.01. The molecule has 1 heterocycles. The van der Waals surface area contributed by atoms with Gasteiger partial charge in [-0.15, -0.1) is 0 Å². The van der Waals surface area contributed by atoms with Crippen molar-refractivity contribution in [2.24, 2.45) is 5.92 Å². The van der Waals surface area contributed by atoms with Crippen LogP contribution < -0.4 is 0 Å². The predicted octanol–water partition coefficient (Wildman–Crippen LogP) is 3.00. The van der Waals surface area contributed by atoms with Crippen molar-refractivity contribution < 1.29 is 0 Å². The van der Waals surface area contributed by atoms with Crippen LogP contribution >= 0.6 is 0 Å². The van der Waals surface area contributed by atoms with Gasteiger partial charge >= 0.3 is 0 Å². The number of hydrogen-bond donors (Lipinski definition) is 0. The molecule has 0 bridgehead atoms. The predicted molar refractivity (Wildman–Crippen MR) is 83.4 cm³/mol. The minimum Gasteiger partial charge on any atom is -0.670 e. The van der Waals surface area contributed by atoms with Gasteiger partial charge in [0.15, 0.2) is 0 Å². The molecular weight excluding hydrogens is 242 g/mol. The molecule has 0 N–H and O–H groups in total. The van der Waals surface area contributed by atoms with Crippen LogP contribution in [0, 0.1) is 65.1 Å². The van der Waals surface area contributed by atoms with Gasteiger partial charge in [0.1, 0.15) is 0 Å². The molecule has 1 nitrogen and oxygen atoms in total. The Bertz CT molecular complexity index is 717. The Kier molecular flexibility index (Phi) is 7.30. The largest absolute Gasteiger partial charge is 0.670 e.